The van der Waals surface area contributed by atoms with Crippen molar-refractivity contribution in [3.05, 3.63) is 56.7 Å². The lowest BCUT2D eigenvalue weighted by atomic mass is 9.90. The van der Waals surface area contributed by atoms with Gasteiger partial charge in [-0.3, -0.25) is 15.1 Å². The average Bonchev–Trinajstić information content (AvgIpc) is 3.04. The van der Waals surface area contributed by atoms with E-state index in [0.717, 1.165) is 53.2 Å². The molecule has 0 spiro atoms. The molecule has 1 fully saturated rings. The molecule has 1 aromatic heterocycles. The first-order chi connectivity index (χ1) is 12.9. The van der Waals surface area contributed by atoms with E-state index < -0.39 is 0 Å². The van der Waals surface area contributed by atoms with E-state index in [0.29, 0.717) is 6.54 Å². The number of thiazole rings is 1. The lowest BCUT2D eigenvalue weighted by molar-refractivity contribution is -0.384. The zero-order valence-electron chi connectivity index (χ0n) is 15.7. The first kappa shape index (κ1) is 19.2. The van der Waals surface area contributed by atoms with Crippen molar-refractivity contribution in [1.29, 1.82) is 0 Å². The van der Waals surface area contributed by atoms with E-state index in [2.05, 4.69) is 18.5 Å². The summed E-state index contributed by atoms with van der Waals surface area (Å²) >= 11 is 1.53. The maximum absolute atomic E-state index is 10.9. The van der Waals surface area contributed by atoms with E-state index in [1.54, 1.807) is 12.1 Å². The number of aromatic nitrogens is 1. The van der Waals surface area contributed by atoms with Crippen LogP contribution in [0.2, 0.25) is 0 Å². The van der Waals surface area contributed by atoms with Crippen LogP contribution in [0.5, 0.6) is 0 Å². The van der Waals surface area contributed by atoms with Crippen molar-refractivity contribution >= 4 is 22.7 Å². The summed E-state index contributed by atoms with van der Waals surface area (Å²) < 4.78 is 1.89. The van der Waals surface area contributed by atoms with E-state index in [4.69, 9.17) is 5.10 Å². The standard InChI is InChI=1S/C20H24N4O2S/c1-14(2)12-21-20-23(22-17-8-4-15(3)5-9-17)19(13-27-20)16-6-10-18(11-7-16)24(25)26/h6-7,10-11,13,15H,1,4-5,8-9,12H2,2-3H3. The molecule has 27 heavy (non-hydrogen) atoms. The topological polar surface area (TPSA) is 72.8 Å². The van der Waals surface area contributed by atoms with E-state index in [1.807, 2.05) is 17.0 Å². The zero-order chi connectivity index (χ0) is 19.4. The van der Waals surface area contributed by atoms with Gasteiger partial charge in [0.25, 0.3) is 5.69 Å². The van der Waals surface area contributed by atoms with Crippen LogP contribution in [-0.2, 0) is 0 Å². The fraction of sp³-hybridized carbons (Fsp3) is 0.400. The fourth-order valence-electron chi connectivity index (χ4n) is 3.00. The molecule has 0 bridgehead atoms. The lowest BCUT2D eigenvalue weighted by Crippen LogP contribution is -2.18. The van der Waals surface area contributed by atoms with Gasteiger partial charge < -0.3 is 0 Å². The van der Waals surface area contributed by atoms with Gasteiger partial charge in [0.15, 0.2) is 0 Å². The maximum Gasteiger partial charge on any atom is 0.269 e. The highest BCUT2D eigenvalue weighted by atomic mass is 32.1. The minimum Gasteiger partial charge on any atom is -0.258 e. The van der Waals surface area contributed by atoms with Crippen LogP contribution in [0.4, 0.5) is 5.69 Å². The van der Waals surface area contributed by atoms with Crippen molar-refractivity contribution < 1.29 is 4.92 Å². The summed E-state index contributed by atoms with van der Waals surface area (Å²) in [5.74, 6) is 0.748. The van der Waals surface area contributed by atoms with Crippen molar-refractivity contribution in [2.45, 2.75) is 39.5 Å². The van der Waals surface area contributed by atoms with Crippen LogP contribution in [0.25, 0.3) is 11.3 Å². The van der Waals surface area contributed by atoms with Gasteiger partial charge in [0, 0.05) is 28.8 Å². The van der Waals surface area contributed by atoms with Gasteiger partial charge in [-0.1, -0.05) is 19.1 Å². The molecule has 3 rings (SSSR count). The smallest absolute Gasteiger partial charge is 0.258 e. The molecule has 1 heterocycles. The Bertz CT molecular complexity index is 928. The Morgan fingerprint density at radius 3 is 2.59 bits per heavy atom. The Hall–Kier alpha value is -2.54. The van der Waals surface area contributed by atoms with Crippen LogP contribution in [0.15, 0.2) is 51.9 Å². The van der Waals surface area contributed by atoms with Gasteiger partial charge in [-0.25, -0.2) is 4.68 Å². The van der Waals surface area contributed by atoms with Crippen molar-refractivity contribution in [1.82, 2.24) is 4.68 Å². The molecular weight excluding hydrogens is 360 g/mol. The van der Waals surface area contributed by atoms with E-state index in [-0.39, 0.29) is 10.6 Å². The van der Waals surface area contributed by atoms with E-state index in [9.17, 15) is 10.1 Å². The first-order valence-electron chi connectivity index (χ1n) is 9.11. The first-order valence-corrected chi connectivity index (χ1v) is 9.99. The molecule has 0 aliphatic heterocycles. The number of benzene rings is 1. The molecule has 7 heteroatoms. The molecule has 0 amide bonds. The molecule has 1 aliphatic carbocycles. The SMILES string of the molecule is C=C(C)CN=c1scc(-c2ccc([N+](=O)[O-])cc2)n1N=C1CCC(C)CC1. The maximum atomic E-state index is 10.9. The Kier molecular flexibility index (Phi) is 6.01. The molecular formula is C20H24N4O2S. The molecule has 142 valence electrons. The number of rotatable bonds is 5. The van der Waals surface area contributed by atoms with Gasteiger partial charge in [-0.05, 0) is 50.7 Å². The Morgan fingerprint density at radius 2 is 2.00 bits per heavy atom. The van der Waals surface area contributed by atoms with E-state index in [1.165, 1.54) is 29.2 Å². The Balaban J connectivity index is 2.03. The van der Waals surface area contributed by atoms with Crippen molar-refractivity contribution in [3.63, 3.8) is 0 Å². The van der Waals surface area contributed by atoms with Crippen molar-refractivity contribution in [2.24, 2.45) is 16.0 Å². The predicted molar refractivity (Wildman–Crippen MR) is 110 cm³/mol. The Morgan fingerprint density at radius 1 is 1.33 bits per heavy atom. The molecule has 0 radical (unpaired) electrons. The summed E-state index contributed by atoms with van der Waals surface area (Å²) in [5, 5.41) is 17.8. The van der Waals surface area contributed by atoms with Crippen LogP contribution in [-0.4, -0.2) is 21.9 Å². The normalized spacial score (nSPS) is 17.8. The summed E-state index contributed by atoms with van der Waals surface area (Å²) in [5.41, 5.74) is 4.06. The molecule has 1 aliphatic rings. The highest BCUT2D eigenvalue weighted by Gasteiger charge is 2.16. The minimum absolute atomic E-state index is 0.0836. The van der Waals surface area contributed by atoms with Crippen LogP contribution < -0.4 is 4.80 Å². The average molecular weight is 385 g/mol. The van der Waals surface area contributed by atoms with Crippen molar-refractivity contribution in [3.8, 4) is 11.3 Å². The second kappa shape index (κ2) is 8.43. The molecule has 0 unspecified atom stereocenters. The molecule has 0 atom stereocenters. The van der Waals surface area contributed by atoms with Crippen LogP contribution in [0.3, 0.4) is 0 Å². The van der Waals surface area contributed by atoms with Gasteiger partial charge in [-0.2, -0.15) is 5.10 Å². The summed E-state index contributed by atoms with van der Waals surface area (Å²) in [6.07, 6.45) is 4.33. The van der Waals surface area contributed by atoms with E-state index >= 15 is 0 Å². The molecule has 2 aromatic rings. The van der Waals surface area contributed by atoms with Crippen molar-refractivity contribution in [2.75, 3.05) is 6.54 Å². The summed E-state index contributed by atoms with van der Waals surface area (Å²) in [4.78, 5) is 16.0. The second-order valence-electron chi connectivity index (χ2n) is 7.14. The fourth-order valence-corrected chi connectivity index (χ4v) is 3.83. The minimum atomic E-state index is -0.386. The van der Waals surface area contributed by atoms with Crippen LogP contribution in [0.1, 0.15) is 39.5 Å². The second-order valence-corrected chi connectivity index (χ2v) is 7.98. The molecule has 1 saturated carbocycles. The molecule has 0 N–H and O–H groups in total. The van der Waals surface area contributed by atoms with Gasteiger partial charge in [0.05, 0.1) is 17.2 Å². The predicted octanol–water partition coefficient (Wildman–Crippen LogP) is 5.02. The van der Waals surface area contributed by atoms with Gasteiger partial charge in [-0.15, -0.1) is 11.3 Å². The third kappa shape index (κ3) is 4.80. The number of non-ortho nitro benzene ring substituents is 1. The number of hydrogen-bond acceptors (Lipinski definition) is 5. The highest BCUT2D eigenvalue weighted by Crippen LogP contribution is 2.25. The largest absolute Gasteiger partial charge is 0.269 e. The number of nitro groups is 1. The highest BCUT2D eigenvalue weighted by molar-refractivity contribution is 7.07. The third-order valence-corrected chi connectivity index (χ3v) is 5.49. The molecule has 0 saturated heterocycles. The molecule has 1 aromatic carbocycles. The molecule has 6 nitrogen and oxygen atoms in total. The van der Waals surface area contributed by atoms with Crippen LogP contribution in [0, 0.1) is 16.0 Å². The van der Waals surface area contributed by atoms with Gasteiger partial charge in [0.2, 0.25) is 4.80 Å². The Labute approximate surface area is 162 Å². The summed E-state index contributed by atoms with van der Waals surface area (Å²) in [6, 6.07) is 6.58. The number of nitro benzene ring substituents is 1. The summed E-state index contributed by atoms with van der Waals surface area (Å²) in [6.45, 7) is 8.71. The monoisotopic (exact) mass is 384 g/mol. The van der Waals surface area contributed by atoms with Gasteiger partial charge in [0.1, 0.15) is 0 Å². The third-order valence-electron chi connectivity index (χ3n) is 4.64. The zero-order valence-corrected chi connectivity index (χ0v) is 16.5. The number of nitrogens with zero attached hydrogens (tertiary/aromatic N) is 4. The quantitative estimate of drug-likeness (QED) is 0.413. The van der Waals surface area contributed by atoms with Gasteiger partial charge >= 0.3 is 0 Å². The lowest BCUT2D eigenvalue weighted by Gasteiger charge is -2.19. The summed E-state index contributed by atoms with van der Waals surface area (Å²) in [7, 11) is 0. The van der Waals surface area contributed by atoms with Crippen LogP contribution >= 0.6 is 11.3 Å². The number of hydrogen-bond donors (Lipinski definition) is 0.